The predicted molar refractivity (Wildman–Crippen MR) is 95.8 cm³/mol. The summed E-state index contributed by atoms with van der Waals surface area (Å²) >= 11 is 0. The first-order valence-electron chi connectivity index (χ1n) is 8.52. The number of halogens is 3. The minimum atomic E-state index is -4.47. The van der Waals surface area contributed by atoms with Crippen molar-refractivity contribution in [3.8, 4) is 5.75 Å². The van der Waals surface area contributed by atoms with E-state index in [2.05, 4.69) is 5.32 Å². The van der Waals surface area contributed by atoms with Crippen molar-refractivity contribution in [3.63, 3.8) is 0 Å². The molecule has 0 aromatic heterocycles. The van der Waals surface area contributed by atoms with Crippen LogP contribution in [0.1, 0.15) is 35.3 Å². The average molecular weight is 395 g/mol. The van der Waals surface area contributed by atoms with Crippen LogP contribution in [0.5, 0.6) is 5.75 Å². The minimum absolute atomic E-state index is 0.00581. The third-order valence-corrected chi connectivity index (χ3v) is 3.54. The standard InChI is InChI=1S/C20H20F3NO4/c1-13(2)28-17-8-6-15(7-9-17)19(26)24-11-18(25)27-12-14-4-3-5-16(10-14)20(21,22)23/h3-10,13H,11-12H2,1-2H3,(H,24,26). The van der Waals surface area contributed by atoms with Crippen molar-refractivity contribution in [2.75, 3.05) is 6.54 Å². The van der Waals surface area contributed by atoms with Crippen LogP contribution in [0.4, 0.5) is 13.2 Å². The Morgan fingerprint density at radius 2 is 1.75 bits per heavy atom. The zero-order valence-corrected chi connectivity index (χ0v) is 15.4. The number of esters is 1. The molecule has 0 bridgehead atoms. The molecule has 2 aromatic carbocycles. The maximum atomic E-state index is 12.7. The van der Waals surface area contributed by atoms with Gasteiger partial charge >= 0.3 is 12.1 Å². The summed E-state index contributed by atoms with van der Waals surface area (Å²) in [6, 6.07) is 10.9. The van der Waals surface area contributed by atoms with Gasteiger partial charge in [0.05, 0.1) is 11.7 Å². The number of amides is 1. The van der Waals surface area contributed by atoms with E-state index in [0.717, 1.165) is 12.1 Å². The molecule has 28 heavy (non-hydrogen) atoms. The molecule has 0 radical (unpaired) electrons. The molecule has 0 atom stereocenters. The first-order chi connectivity index (χ1) is 13.1. The smallest absolute Gasteiger partial charge is 0.416 e. The van der Waals surface area contributed by atoms with Crippen LogP contribution in [0.2, 0.25) is 0 Å². The molecule has 0 saturated heterocycles. The second-order valence-corrected chi connectivity index (χ2v) is 6.23. The molecule has 0 fully saturated rings. The molecule has 1 N–H and O–H groups in total. The summed E-state index contributed by atoms with van der Waals surface area (Å²) in [6.45, 7) is 3.04. The number of nitrogens with one attached hydrogen (secondary N) is 1. The van der Waals surface area contributed by atoms with Gasteiger partial charge in [-0.2, -0.15) is 13.2 Å². The Bertz CT molecular complexity index is 817. The highest BCUT2D eigenvalue weighted by atomic mass is 19.4. The SMILES string of the molecule is CC(C)Oc1ccc(C(=O)NCC(=O)OCc2cccc(C(F)(F)F)c2)cc1. The Hall–Kier alpha value is -3.03. The molecule has 0 aliphatic heterocycles. The molecule has 5 nitrogen and oxygen atoms in total. The molecular formula is C20H20F3NO4. The zero-order valence-electron chi connectivity index (χ0n) is 15.4. The van der Waals surface area contributed by atoms with Crippen molar-refractivity contribution in [2.24, 2.45) is 0 Å². The third kappa shape index (κ3) is 6.61. The molecule has 2 aromatic rings. The van der Waals surface area contributed by atoms with E-state index in [-0.39, 0.29) is 18.3 Å². The number of carbonyl (C=O) groups is 2. The van der Waals surface area contributed by atoms with Crippen molar-refractivity contribution < 1.29 is 32.2 Å². The van der Waals surface area contributed by atoms with Gasteiger partial charge in [-0.25, -0.2) is 0 Å². The highest BCUT2D eigenvalue weighted by Crippen LogP contribution is 2.29. The Morgan fingerprint density at radius 3 is 2.36 bits per heavy atom. The summed E-state index contributed by atoms with van der Waals surface area (Å²) in [4.78, 5) is 23.8. The van der Waals surface area contributed by atoms with Crippen LogP contribution in [0, 0.1) is 0 Å². The summed E-state index contributed by atoms with van der Waals surface area (Å²) in [6.07, 6.45) is -4.46. The predicted octanol–water partition coefficient (Wildman–Crippen LogP) is 3.97. The third-order valence-electron chi connectivity index (χ3n) is 3.54. The molecule has 0 spiro atoms. The van der Waals surface area contributed by atoms with E-state index < -0.39 is 30.2 Å². The number of alkyl halides is 3. The fourth-order valence-corrected chi connectivity index (χ4v) is 2.26. The molecule has 150 valence electrons. The highest BCUT2D eigenvalue weighted by Gasteiger charge is 2.30. The molecule has 0 unspecified atom stereocenters. The van der Waals surface area contributed by atoms with Gasteiger partial charge in [0.15, 0.2) is 0 Å². The van der Waals surface area contributed by atoms with Crippen molar-refractivity contribution in [1.82, 2.24) is 5.32 Å². The summed E-state index contributed by atoms with van der Waals surface area (Å²) in [5.74, 6) is -0.621. The van der Waals surface area contributed by atoms with Gasteiger partial charge in [0, 0.05) is 5.56 Å². The van der Waals surface area contributed by atoms with Gasteiger partial charge in [-0.15, -0.1) is 0 Å². The van der Waals surface area contributed by atoms with Crippen LogP contribution >= 0.6 is 0 Å². The number of hydrogen-bond acceptors (Lipinski definition) is 4. The van der Waals surface area contributed by atoms with E-state index in [0.29, 0.717) is 11.3 Å². The van der Waals surface area contributed by atoms with Crippen LogP contribution < -0.4 is 10.1 Å². The summed E-state index contributed by atoms with van der Waals surface area (Å²) in [5.41, 5.74) is -0.281. The largest absolute Gasteiger partial charge is 0.491 e. The van der Waals surface area contributed by atoms with Gasteiger partial charge < -0.3 is 14.8 Å². The fraction of sp³-hybridized carbons (Fsp3) is 0.300. The second-order valence-electron chi connectivity index (χ2n) is 6.23. The molecule has 2 rings (SSSR count). The van der Waals surface area contributed by atoms with Gasteiger partial charge in [0.2, 0.25) is 0 Å². The van der Waals surface area contributed by atoms with E-state index in [4.69, 9.17) is 9.47 Å². The number of hydrogen-bond donors (Lipinski definition) is 1. The minimum Gasteiger partial charge on any atom is -0.491 e. The number of benzene rings is 2. The van der Waals surface area contributed by atoms with Crippen LogP contribution in [-0.4, -0.2) is 24.5 Å². The Morgan fingerprint density at radius 1 is 1.07 bits per heavy atom. The first kappa shape index (κ1) is 21.3. The molecule has 8 heteroatoms. The molecule has 0 heterocycles. The molecule has 0 aliphatic carbocycles. The van der Waals surface area contributed by atoms with E-state index in [9.17, 15) is 22.8 Å². The number of ether oxygens (including phenoxy) is 2. The molecule has 0 aliphatic rings. The number of carbonyl (C=O) groups excluding carboxylic acids is 2. The van der Waals surface area contributed by atoms with Crippen molar-refractivity contribution >= 4 is 11.9 Å². The second kappa shape index (κ2) is 9.25. The lowest BCUT2D eigenvalue weighted by molar-refractivity contribution is -0.143. The normalized spacial score (nSPS) is 11.2. The Balaban J connectivity index is 1.81. The van der Waals surface area contributed by atoms with Crippen LogP contribution in [0.3, 0.4) is 0 Å². The van der Waals surface area contributed by atoms with E-state index >= 15 is 0 Å². The first-order valence-corrected chi connectivity index (χ1v) is 8.52. The maximum absolute atomic E-state index is 12.7. The topological polar surface area (TPSA) is 64.6 Å². The summed E-state index contributed by atoms with van der Waals surface area (Å²) in [5, 5.41) is 2.40. The van der Waals surface area contributed by atoms with Crippen molar-refractivity contribution in [3.05, 3.63) is 65.2 Å². The quantitative estimate of drug-likeness (QED) is 0.721. The van der Waals surface area contributed by atoms with Gasteiger partial charge in [0.1, 0.15) is 18.9 Å². The van der Waals surface area contributed by atoms with Crippen molar-refractivity contribution in [2.45, 2.75) is 32.7 Å². The van der Waals surface area contributed by atoms with Gasteiger partial charge in [0.25, 0.3) is 5.91 Å². The van der Waals surface area contributed by atoms with Crippen LogP contribution in [0.25, 0.3) is 0 Å². The fourth-order valence-electron chi connectivity index (χ4n) is 2.26. The lowest BCUT2D eigenvalue weighted by Crippen LogP contribution is -2.30. The van der Waals surface area contributed by atoms with Crippen LogP contribution in [0.15, 0.2) is 48.5 Å². The average Bonchev–Trinajstić information content (AvgIpc) is 2.64. The van der Waals surface area contributed by atoms with Crippen molar-refractivity contribution in [1.29, 1.82) is 0 Å². The van der Waals surface area contributed by atoms with E-state index in [1.165, 1.54) is 12.1 Å². The molecule has 1 amide bonds. The monoisotopic (exact) mass is 395 g/mol. The van der Waals surface area contributed by atoms with Gasteiger partial charge in [-0.1, -0.05) is 12.1 Å². The van der Waals surface area contributed by atoms with E-state index in [1.54, 1.807) is 24.3 Å². The zero-order chi connectivity index (χ0) is 20.7. The Kier molecular flexibility index (Phi) is 7.03. The number of rotatable bonds is 7. The molecular weight excluding hydrogens is 375 g/mol. The lowest BCUT2D eigenvalue weighted by atomic mass is 10.1. The van der Waals surface area contributed by atoms with Gasteiger partial charge in [-0.3, -0.25) is 9.59 Å². The van der Waals surface area contributed by atoms with E-state index in [1.807, 2.05) is 13.8 Å². The molecule has 0 saturated carbocycles. The summed E-state index contributed by atoms with van der Waals surface area (Å²) in [7, 11) is 0. The van der Waals surface area contributed by atoms with Crippen LogP contribution in [-0.2, 0) is 22.3 Å². The summed E-state index contributed by atoms with van der Waals surface area (Å²) < 4.78 is 48.4. The Labute approximate surface area is 160 Å². The van der Waals surface area contributed by atoms with Gasteiger partial charge in [-0.05, 0) is 55.8 Å². The lowest BCUT2D eigenvalue weighted by Gasteiger charge is -2.11. The highest BCUT2D eigenvalue weighted by molar-refractivity contribution is 5.96. The maximum Gasteiger partial charge on any atom is 0.416 e.